The Balaban J connectivity index is 2.58. The molecule has 0 aliphatic carbocycles. The first-order chi connectivity index (χ1) is 7.86. The molecule has 0 radical (unpaired) electrons. The van der Waals surface area contributed by atoms with Crippen molar-refractivity contribution < 1.29 is 0 Å². The third-order valence-electron chi connectivity index (χ3n) is 2.76. The molecule has 0 bridgehead atoms. The number of benzene rings is 2. The minimum Gasteiger partial charge on any atom is -0.133 e. The fourth-order valence-electron chi connectivity index (χ4n) is 1.92. The van der Waals surface area contributed by atoms with E-state index in [1.54, 1.807) is 0 Å². The van der Waals surface area contributed by atoms with Gasteiger partial charge < -0.3 is 0 Å². The molecule has 0 heterocycles. The maximum absolute atomic E-state index is 2.80. The molecular formula is C14H16P2. The Hall–Kier alpha value is -0.700. The van der Waals surface area contributed by atoms with Crippen molar-refractivity contribution in [1.29, 1.82) is 0 Å². The average molecular weight is 246 g/mol. The number of hydrogen-bond donors (Lipinski definition) is 0. The van der Waals surface area contributed by atoms with Gasteiger partial charge in [-0.1, -0.05) is 48.5 Å². The van der Waals surface area contributed by atoms with Crippen LogP contribution in [0.5, 0.6) is 0 Å². The van der Waals surface area contributed by atoms with Crippen molar-refractivity contribution in [1.82, 2.24) is 0 Å². The Morgan fingerprint density at radius 1 is 0.625 bits per heavy atom. The molecule has 0 aliphatic heterocycles. The lowest BCUT2D eigenvalue weighted by atomic mass is 9.97. The second-order valence-electron chi connectivity index (χ2n) is 3.72. The summed E-state index contributed by atoms with van der Waals surface area (Å²) in [6.45, 7) is 0. The van der Waals surface area contributed by atoms with Crippen molar-refractivity contribution in [3.63, 3.8) is 0 Å². The lowest BCUT2D eigenvalue weighted by molar-refractivity contribution is 1.36. The van der Waals surface area contributed by atoms with Crippen LogP contribution < -0.4 is 0 Å². The lowest BCUT2D eigenvalue weighted by Gasteiger charge is -2.11. The van der Waals surface area contributed by atoms with Crippen LogP contribution in [0, 0.1) is 0 Å². The zero-order valence-corrected chi connectivity index (χ0v) is 11.5. The monoisotopic (exact) mass is 246 g/mol. The minimum atomic E-state index is 1.00. The van der Waals surface area contributed by atoms with Crippen LogP contribution in [-0.4, -0.2) is 0 Å². The van der Waals surface area contributed by atoms with Crippen molar-refractivity contribution in [2.45, 2.75) is 12.3 Å². The van der Waals surface area contributed by atoms with E-state index in [1.807, 2.05) is 0 Å². The molecule has 0 aliphatic rings. The maximum Gasteiger partial charge on any atom is -0.0122 e. The second kappa shape index (κ2) is 5.58. The number of hydrogen-bond acceptors (Lipinski definition) is 0. The van der Waals surface area contributed by atoms with Gasteiger partial charge in [0.15, 0.2) is 0 Å². The van der Waals surface area contributed by atoms with Crippen LogP contribution in [0.3, 0.4) is 0 Å². The molecule has 0 N–H and O–H groups in total. The topological polar surface area (TPSA) is 0 Å². The molecular weight excluding hydrogens is 230 g/mol. The second-order valence-corrected chi connectivity index (χ2v) is 4.54. The Labute approximate surface area is 102 Å². The van der Waals surface area contributed by atoms with E-state index in [2.05, 4.69) is 67.0 Å². The molecule has 0 spiro atoms. The summed E-state index contributed by atoms with van der Waals surface area (Å²) in [6, 6.07) is 17.2. The van der Waals surface area contributed by atoms with Gasteiger partial charge in [-0.05, 0) is 34.6 Å². The van der Waals surface area contributed by atoms with E-state index in [0.29, 0.717) is 0 Å². The highest BCUT2D eigenvalue weighted by Crippen LogP contribution is 2.29. The molecule has 82 valence electrons. The van der Waals surface area contributed by atoms with Gasteiger partial charge in [-0.2, -0.15) is 0 Å². The molecule has 16 heavy (non-hydrogen) atoms. The van der Waals surface area contributed by atoms with Crippen LogP contribution in [0.2, 0.25) is 0 Å². The Morgan fingerprint density at radius 3 is 1.38 bits per heavy atom. The highest BCUT2D eigenvalue weighted by atomic mass is 31.0. The predicted molar refractivity (Wildman–Crippen MR) is 78.7 cm³/mol. The first-order valence-corrected chi connectivity index (χ1v) is 7.06. The molecule has 0 amide bonds. The Morgan fingerprint density at radius 2 is 1.00 bits per heavy atom. The average Bonchev–Trinajstić information content (AvgIpc) is 2.38. The fourth-order valence-corrected chi connectivity index (χ4v) is 2.63. The van der Waals surface area contributed by atoms with Crippen LogP contribution in [0.1, 0.15) is 11.1 Å². The molecule has 2 aromatic carbocycles. The summed E-state index contributed by atoms with van der Waals surface area (Å²) in [6.07, 6.45) is 2.00. The van der Waals surface area contributed by atoms with Crippen LogP contribution in [0.4, 0.5) is 0 Å². The summed E-state index contributed by atoms with van der Waals surface area (Å²) in [4.78, 5) is 0. The summed E-state index contributed by atoms with van der Waals surface area (Å²) in [5.74, 6) is 0. The molecule has 2 atom stereocenters. The van der Waals surface area contributed by atoms with Gasteiger partial charge in [0, 0.05) is 0 Å². The molecule has 0 saturated carbocycles. The van der Waals surface area contributed by atoms with E-state index in [9.17, 15) is 0 Å². The summed E-state index contributed by atoms with van der Waals surface area (Å²) >= 11 is 0. The van der Waals surface area contributed by atoms with Gasteiger partial charge in [-0.15, -0.1) is 18.5 Å². The van der Waals surface area contributed by atoms with Crippen molar-refractivity contribution in [2.75, 3.05) is 0 Å². The van der Waals surface area contributed by atoms with Gasteiger partial charge >= 0.3 is 0 Å². The molecule has 0 aromatic heterocycles. The van der Waals surface area contributed by atoms with E-state index >= 15 is 0 Å². The van der Waals surface area contributed by atoms with Crippen LogP contribution in [0.15, 0.2) is 48.5 Å². The van der Waals surface area contributed by atoms with Gasteiger partial charge in [-0.3, -0.25) is 0 Å². The Kier molecular flexibility index (Phi) is 4.10. The molecule has 0 saturated heterocycles. The largest absolute Gasteiger partial charge is 0.133 e. The van der Waals surface area contributed by atoms with E-state index in [0.717, 1.165) is 12.3 Å². The predicted octanol–water partition coefficient (Wildman–Crippen LogP) is 4.10. The normalized spacial score (nSPS) is 10.4. The highest BCUT2D eigenvalue weighted by molar-refractivity contribution is 7.15. The van der Waals surface area contributed by atoms with Crippen LogP contribution in [-0.2, 0) is 12.3 Å². The van der Waals surface area contributed by atoms with Crippen LogP contribution >= 0.6 is 18.5 Å². The third-order valence-corrected chi connectivity index (χ3v) is 3.64. The first kappa shape index (κ1) is 11.8. The summed E-state index contributed by atoms with van der Waals surface area (Å²) < 4.78 is 0. The number of rotatable bonds is 3. The fraction of sp³-hybridized carbons (Fsp3) is 0.143. The van der Waals surface area contributed by atoms with Crippen molar-refractivity contribution in [3.8, 4) is 11.1 Å². The lowest BCUT2D eigenvalue weighted by Crippen LogP contribution is -1.89. The van der Waals surface area contributed by atoms with E-state index < -0.39 is 0 Å². The summed E-state index contributed by atoms with van der Waals surface area (Å²) in [5.41, 5.74) is 5.49. The quantitative estimate of drug-likeness (QED) is 0.715. The zero-order chi connectivity index (χ0) is 11.4. The van der Waals surface area contributed by atoms with Crippen molar-refractivity contribution >= 4 is 18.5 Å². The maximum atomic E-state index is 2.80. The molecule has 2 unspecified atom stereocenters. The summed E-state index contributed by atoms with van der Waals surface area (Å²) in [7, 11) is 5.61. The standard InChI is InChI=1S/C14H16P2/c15-9-11-5-1-3-7-13(11)14-8-4-2-6-12(14)10-16/h1-8H,9-10,15-16H2. The third kappa shape index (κ3) is 2.34. The zero-order valence-electron chi connectivity index (χ0n) is 9.19. The molecule has 0 nitrogen and oxygen atoms in total. The van der Waals surface area contributed by atoms with Crippen molar-refractivity contribution in [3.05, 3.63) is 59.7 Å². The summed E-state index contributed by atoms with van der Waals surface area (Å²) in [5, 5.41) is 0. The first-order valence-electron chi connectivity index (χ1n) is 5.43. The van der Waals surface area contributed by atoms with Crippen molar-refractivity contribution in [2.24, 2.45) is 0 Å². The molecule has 0 fully saturated rings. The molecule has 2 rings (SSSR count). The smallest absolute Gasteiger partial charge is 0.0122 e. The van der Waals surface area contributed by atoms with Gasteiger partial charge in [0.05, 0.1) is 0 Å². The molecule has 2 heteroatoms. The molecule has 2 aromatic rings. The van der Waals surface area contributed by atoms with Gasteiger partial charge in [-0.25, -0.2) is 0 Å². The van der Waals surface area contributed by atoms with Crippen LogP contribution in [0.25, 0.3) is 11.1 Å². The van der Waals surface area contributed by atoms with E-state index in [1.165, 1.54) is 22.3 Å². The van der Waals surface area contributed by atoms with E-state index in [4.69, 9.17) is 0 Å². The SMILES string of the molecule is PCc1ccccc1-c1ccccc1CP. The highest BCUT2D eigenvalue weighted by Gasteiger charge is 2.06. The van der Waals surface area contributed by atoms with Gasteiger partial charge in [0.1, 0.15) is 0 Å². The van der Waals surface area contributed by atoms with Gasteiger partial charge in [0.2, 0.25) is 0 Å². The van der Waals surface area contributed by atoms with E-state index in [-0.39, 0.29) is 0 Å². The Bertz CT molecular complexity index is 432. The minimum absolute atomic E-state index is 1.00. The van der Waals surface area contributed by atoms with Gasteiger partial charge in [0.25, 0.3) is 0 Å².